The molecule has 106 valence electrons. The second kappa shape index (κ2) is 6.79. The topological polar surface area (TPSA) is 83.5 Å². The summed E-state index contributed by atoms with van der Waals surface area (Å²) in [6, 6.07) is 5.30. The van der Waals surface area contributed by atoms with E-state index in [-0.39, 0.29) is 17.3 Å². The predicted octanol–water partition coefficient (Wildman–Crippen LogP) is 1.33. The summed E-state index contributed by atoms with van der Waals surface area (Å²) in [5, 5.41) is 9.01. The molecular formula is C13H19NO4S. The second-order valence-electron chi connectivity index (χ2n) is 4.21. The molecular weight excluding hydrogens is 266 g/mol. The molecule has 0 bridgehead atoms. The van der Waals surface area contributed by atoms with Crippen molar-refractivity contribution in [1.29, 1.82) is 0 Å². The van der Waals surface area contributed by atoms with Crippen LogP contribution in [0.2, 0.25) is 0 Å². The molecule has 0 aliphatic carbocycles. The van der Waals surface area contributed by atoms with Crippen molar-refractivity contribution in [2.75, 3.05) is 6.61 Å². The molecule has 0 fully saturated rings. The smallest absolute Gasteiger partial charge is 0.240 e. The van der Waals surface area contributed by atoms with Crippen LogP contribution in [0, 0.1) is 0 Å². The molecule has 0 spiro atoms. The fraction of sp³-hybridized carbons (Fsp3) is 0.462. The van der Waals surface area contributed by atoms with Gasteiger partial charge in [-0.05, 0) is 18.6 Å². The van der Waals surface area contributed by atoms with Crippen molar-refractivity contribution >= 4 is 15.8 Å². The van der Waals surface area contributed by atoms with E-state index in [4.69, 9.17) is 5.11 Å². The molecule has 5 nitrogen and oxygen atoms in total. The summed E-state index contributed by atoms with van der Waals surface area (Å²) in [7, 11) is -3.65. The minimum Gasteiger partial charge on any atom is -0.395 e. The first kappa shape index (κ1) is 15.8. The van der Waals surface area contributed by atoms with E-state index in [2.05, 4.69) is 4.72 Å². The van der Waals surface area contributed by atoms with Crippen LogP contribution in [-0.4, -0.2) is 32.0 Å². The third-order valence-corrected chi connectivity index (χ3v) is 4.38. The van der Waals surface area contributed by atoms with E-state index in [0.717, 1.165) is 0 Å². The molecule has 0 aromatic heterocycles. The van der Waals surface area contributed by atoms with Crippen molar-refractivity contribution < 1.29 is 18.3 Å². The Kier molecular flexibility index (Phi) is 5.65. The zero-order valence-electron chi connectivity index (χ0n) is 11.1. The van der Waals surface area contributed by atoms with E-state index in [1.807, 2.05) is 0 Å². The lowest BCUT2D eigenvalue weighted by Crippen LogP contribution is -2.36. The highest BCUT2D eigenvalue weighted by atomic mass is 32.2. The number of hydrogen-bond donors (Lipinski definition) is 2. The van der Waals surface area contributed by atoms with Gasteiger partial charge in [-0.3, -0.25) is 4.79 Å². The molecule has 19 heavy (non-hydrogen) atoms. The molecule has 0 saturated heterocycles. The van der Waals surface area contributed by atoms with Gasteiger partial charge in [0.15, 0.2) is 5.78 Å². The van der Waals surface area contributed by atoms with Crippen LogP contribution >= 0.6 is 0 Å². The van der Waals surface area contributed by atoms with Crippen LogP contribution in [0.1, 0.15) is 37.0 Å². The molecule has 1 atom stereocenters. The van der Waals surface area contributed by atoms with Crippen molar-refractivity contribution in [3.8, 4) is 0 Å². The van der Waals surface area contributed by atoms with E-state index in [9.17, 15) is 13.2 Å². The lowest BCUT2D eigenvalue weighted by molar-refractivity contribution is 0.0988. The molecule has 1 rings (SSSR count). The largest absolute Gasteiger partial charge is 0.395 e. The van der Waals surface area contributed by atoms with Crippen LogP contribution in [0.25, 0.3) is 0 Å². The average Bonchev–Trinajstić information content (AvgIpc) is 2.44. The quantitative estimate of drug-likeness (QED) is 0.740. The van der Waals surface area contributed by atoms with Gasteiger partial charge in [0, 0.05) is 18.0 Å². The molecule has 2 N–H and O–H groups in total. The Bertz CT molecular complexity index is 518. The Morgan fingerprint density at radius 1 is 1.26 bits per heavy atom. The molecule has 0 radical (unpaired) electrons. The fourth-order valence-corrected chi connectivity index (χ4v) is 2.87. The van der Waals surface area contributed by atoms with Gasteiger partial charge < -0.3 is 5.11 Å². The van der Waals surface area contributed by atoms with Gasteiger partial charge in [0.1, 0.15) is 0 Å². The lowest BCUT2D eigenvalue weighted by Gasteiger charge is -2.14. The van der Waals surface area contributed by atoms with Crippen molar-refractivity contribution in [2.24, 2.45) is 0 Å². The monoisotopic (exact) mass is 285 g/mol. The molecule has 0 saturated carbocycles. The third-order valence-electron chi connectivity index (χ3n) is 2.84. The first-order valence-electron chi connectivity index (χ1n) is 6.21. The number of carbonyl (C=O) groups is 1. The van der Waals surface area contributed by atoms with Crippen molar-refractivity contribution in [2.45, 2.75) is 37.6 Å². The number of hydrogen-bond acceptors (Lipinski definition) is 4. The maximum absolute atomic E-state index is 12.0. The maximum Gasteiger partial charge on any atom is 0.240 e. The molecule has 0 aliphatic heterocycles. The van der Waals surface area contributed by atoms with E-state index < -0.39 is 16.1 Å². The van der Waals surface area contributed by atoms with E-state index >= 15 is 0 Å². The fourth-order valence-electron chi connectivity index (χ4n) is 1.56. The van der Waals surface area contributed by atoms with Crippen LogP contribution in [0.5, 0.6) is 0 Å². The highest BCUT2D eigenvalue weighted by Crippen LogP contribution is 2.12. The van der Waals surface area contributed by atoms with Crippen molar-refractivity contribution in [3.05, 3.63) is 29.8 Å². The Hall–Kier alpha value is -1.24. The zero-order chi connectivity index (χ0) is 14.5. The Morgan fingerprint density at radius 3 is 2.26 bits per heavy atom. The second-order valence-corrected chi connectivity index (χ2v) is 5.92. The highest BCUT2D eigenvalue weighted by molar-refractivity contribution is 7.89. The van der Waals surface area contributed by atoms with Crippen molar-refractivity contribution in [1.82, 2.24) is 4.72 Å². The first-order chi connectivity index (χ1) is 8.94. The minimum atomic E-state index is -3.65. The van der Waals surface area contributed by atoms with Crippen molar-refractivity contribution in [3.63, 3.8) is 0 Å². The van der Waals surface area contributed by atoms with E-state index in [1.54, 1.807) is 13.8 Å². The van der Waals surface area contributed by atoms with Crippen LogP contribution in [0.3, 0.4) is 0 Å². The number of carbonyl (C=O) groups excluding carboxylic acids is 1. The Labute approximate surface area is 113 Å². The Balaban J connectivity index is 2.93. The average molecular weight is 285 g/mol. The number of sulfonamides is 1. The van der Waals surface area contributed by atoms with Gasteiger partial charge in [0.2, 0.25) is 10.0 Å². The summed E-state index contributed by atoms with van der Waals surface area (Å²) in [4.78, 5) is 11.5. The molecule has 1 aromatic rings. The number of ketones is 1. The summed E-state index contributed by atoms with van der Waals surface area (Å²) in [5.41, 5.74) is 0.496. The lowest BCUT2D eigenvalue weighted by atomic mass is 10.1. The summed E-state index contributed by atoms with van der Waals surface area (Å²) < 4.78 is 26.4. The summed E-state index contributed by atoms with van der Waals surface area (Å²) in [6.45, 7) is 3.29. The van der Waals surface area contributed by atoms with Crippen LogP contribution in [-0.2, 0) is 10.0 Å². The number of aliphatic hydroxyl groups excluding tert-OH is 1. The molecule has 0 aliphatic rings. The predicted molar refractivity (Wildman–Crippen MR) is 72.5 cm³/mol. The van der Waals surface area contributed by atoms with Crippen LogP contribution < -0.4 is 4.72 Å². The molecule has 6 heteroatoms. The number of aliphatic hydroxyl groups is 1. The SMILES string of the molecule is CCC(=O)c1ccc(S(=O)(=O)NC(CC)CO)cc1. The van der Waals surface area contributed by atoms with Crippen LogP contribution in [0.15, 0.2) is 29.2 Å². The summed E-state index contributed by atoms with van der Waals surface area (Å²) >= 11 is 0. The first-order valence-corrected chi connectivity index (χ1v) is 7.69. The molecule has 0 heterocycles. The minimum absolute atomic E-state index is 0.0290. The van der Waals surface area contributed by atoms with E-state index in [1.165, 1.54) is 24.3 Å². The number of Topliss-reactive ketones (excluding diaryl/α,β-unsaturated/α-hetero) is 1. The van der Waals surface area contributed by atoms with Gasteiger partial charge >= 0.3 is 0 Å². The van der Waals surface area contributed by atoms with Gasteiger partial charge in [-0.1, -0.05) is 26.0 Å². The van der Waals surface area contributed by atoms with Crippen LogP contribution in [0.4, 0.5) is 0 Å². The van der Waals surface area contributed by atoms with Gasteiger partial charge in [-0.25, -0.2) is 13.1 Å². The Morgan fingerprint density at radius 2 is 1.84 bits per heavy atom. The maximum atomic E-state index is 12.0. The standard InChI is InChI=1S/C13H19NO4S/c1-3-11(9-15)14-19(17,18)12-7-5-10(6-8-12)13(16)4-2/h5-8,11,14-15H,3-4,9H2,1-2H3. The van der Waals surface area contributed by atoms with Gasteiger partial charge in [0.25, 0.3) is 0 Å². The number of nitrogens with one attached hydrogen (secondary N) is 1. The van der Waals surface area contributed by atoms with Gasteiger partial charge in [-0.15, -0.1) is 0 Å². The number of benzene rings is 1. The number of rotatable bonds is 7. The molecule has 1 unspecified atom stereocenters. The highest BCUT2D eigenvalue weighted by Gasteiger charge is 2.18. The molecule has 0 amide bonds. The normalized spacial score (nSPS) is 13.2. The van der Waals surface area contributed by atoms with Gasteiger partial charge in [-0.2, -0.15) is 0 Å². The third kappa shape index (κ3) is 4.12. The van der Waals surface area contributed by atoms with Gasteiger partial charge in [0.05, 0.1) is 11.5 Å². The summed E-state index contributed by atoms with van der Waals surface area (Å²) in [5.74, 6) is -0.0290. The molecule has 1 aromatic carbocycles. The zero-order valence-corrected chi connectivity index (χ0v) is 11.9. The van der Waals surface area contributed by atoms with E-state index in [0.29, 0.717) is 18.4 Å². The summed E-state index contributed by atoms with van der Waals surface area (Å²) in [6.07, 6.45) is 0.884.